The smallest absolute Gasteiger partial charge is 0.294 e. The fourth-order valence-corrected chi connectivity index (χ4v) is 2.68. The summed E-state index contributed by atoms with van der Waals surface area (Å²) in [6, 6.07) is 13.9. The molecule has 0 unspecified atom stereocenters. The summed E-state index contributed by atoms with van der Waals surface area (Å²) in [5.41, 5.74) is -0.314. The number of hydrogen-bond donors (Lipinski definition) is 1. The summed E-state index contributed by atoms with van der Waals surface area (Å²) >= 11 is 0. The van der Waals surface area contributed by atoms with E-state index in [4.69, 9.17) is 4.74 Å². The molecule has 0 saturated heterocycles. The lowest BCUT2D eigenvalue weighted by Crippen LogP contribution is -2.27. The first-order valence-corrected chi connectivity index (χ1v) is 8.21. The Labute approximate surface area is 159 Å². The summed E-state index contributed by atoms with van der Waals surface area (Å²) < 4.78 is 6.38. The maximum Gasteiger partial charge on any atom is 0.294 e. The third-order valence-electron chi connectivity index (χ3n) is 3.98. The fourth-order valence-electron chi connectivity index (χ4n) is 2.68. The van der Waals surface area contributed by atoms with Crippen molar-refractivity contribution < 1.29 is 14.5 Å². The van der Waals surface area contributed by atoms with Crippen LogP contribution >= 0.6 is 0 Å². The molecule has 1 N–H and O–H groups in total. The molecule has 2 aromatic carbocycles. The van der Waals surface area contributed by atoms with Gasteiger partial charge in [-0.1, -0.05) is 24.3 Å². The number of carbonyl (C=O) groups is 1. The molecule has 0 aliphatic heterocycles. The van der Waals surface area contributed by atoms with Crippen molar-refractivity contribution in [2.75, 3.05) is 12.4 Å². The van der Waals surface area contributed by atoms with E-state index in [1.54, 1.807) is 37.3 Å². The average Bonchev–Trinajstić information content (AvgIpc) is 2.68. The molecule has 0 fully saturated rings. The van der Waals surface area contributed by atoms with E-state index >= 15 is 0 Å². The lowest BCUT2D eigenvalue weighted by atomic mass is 10.2. The highest BCUT2D eigenvalue weighted by molar-refractivity contribution is 6.03. The summed E-state index contributed by atoms with van der Waals surface area (Å²) in [6.07, 6.45) is 0. The molecule has 1 amide bonds. The molecule has 3 aromatic rings. The number of nitrogens with one attached hydrogen (secondary N) is 1. The van der Waals surface area contributed by atoms with Gasteiger partial charge in [0, 0.05) is 17.8 Å². The van der Waals surface area contributed by atoms with Gasteiger partial charge in [0.25, 0.3) is 11.6 Å². The fraction of sp³-hybridized carbons (Fsp3) is 0.105. The number of hydrogen-bond acceptors (Lipinski definition) is 6. The predicted molar refractivity (Wildman–Crippen MR) is 102 cm³/mol. The summed E-state index contributed by atoms with van der Waals surface area (Å²) in [6.45, 7) is 1.58. The van der Waals surface area contributed by atoms with Crippen LogP contribution in [0, 0.1) is 17.0 Å². The van der Waals surface area contributed by atoms with Crippen molar-refractivity contribution in [3.63, 3.8) is 0 Å². The van der Waals surface area contributed by atoms with Crippen LogP contribution in [0.15, 0.2) is 59.4 Å². The predicted octanol–water partition coefficient (Wildman–Crippen LogP) is 2.71. The van der Waals surface area contributed by atoms with Crippen LogP contribution in [-0.4, -0.2) is 27.7 Å². The lowest BCUT2D eigenvalue weighted by molar-refractivity contribution is -0.384. The van der Waals surface area contributed by atoms with Gasteiger partial charge >= 0.3 is 0 Å². The van der Waals surface area contributed by atoms with Gasteiger partial charge in [-0.2, -0.15) is 5.10 Å². The van der Waals surface area contributed by atoms with Crippen LogP contribution in [0.1, 0.15) is 16.2 Å². The highest BCUT2D eigenvalue weighted by Gasteiger charge is 2.20. The van der Waals surface area contributed by atoms with E-state index in [0.29, 0.717) is 17.1 Å². The Balaban J connectivity index is 2.07. The van der Waals surface area contributed by atoms with E-state index in [9.17, 15) is 19.7 Å². The number of aromatic nitrogens is 2. The quantitative estimate of drug-likeness (QED) is 0.537. The molecule has 0 atom stereocenters. The number of nitro benzene ring substituents is 1. The second-order valence-electron chi connectivity index (χ2n) is 5.81. The van der Waals surface area contributed by atoms with Crippen LogP contribution in [0.25, 0.3) is 5.69 Å². The Kier molecular flexibility index (Phi) is 5.16. The Morgan fingerprint density at radius 2 is 1.86 bits per heavy atom. The molecule has 0 spiro atoms. The van der Waals surface area contributed by atoms with Gasteiger partial charge in [-0.3, -0.25) is 19.7 Å². The number of benzene rings is 2. The Bertz CT molecular complexity index is 1120. The second kappa shape index (κ2) is 7.70. The van der Waals surface area contributed by atoms with Gasteiger partial charge in [-0.15, -0.1) is 0 Å². The molecular weight excluding hydrogens is 364 g/mol. The first kappa shape index (κ1) is 18.8. The number of carbonyl (C=O) groups excluding carboxylic acids is 1. The number of aryl methyl sites for hydroxylation is 1. The molecule has 1 aromatic heterocycles. The molecule has 0 radical (unpaired) electrons. The van der Waals surface area contributed by atoms with Crippen molar-refractivity contribution in [1.29, 1.82) is 0 Å². The number of ether oxygens (including phenoxy) is 1. The van der Waals surface area contributed by atoms with Crippen molar-refractivity contribution in [2.24, 2.45) is 0 Å². The van der Waals surface area contributed by atoms with Gasteiger partial charge < -0.3 is 10.1 Å². The third kappa shape index (κ3) is 3.58. The summed E-state index contributed by atoms with van der Waals surface area (Å²) in [4.78, 5) is 35.7. The number of nitro groups is 1. The van der Waals surface area contributed by atoms with Crippen LogP contribution in [0.2, 0.25) is 0 Å². The molecule has 1 heterocycles. The topological polar surface area (TPSA) is 116 Å². The summed E-state index contributed by atoms with van der Waals surface area (Å²) in [5.74, 6) is -0.330. The molecule has 3 rings (SSSR count). The molecule has 9 nitrogen and oxygen atoms in total. The molecule has 28 heavy (non-hydrogen) atoms. The van der Waals surface area contributed by atoms with Gasteiger partial charge in [-0.25, -0.2) is 4.68 Å². The van der Waals surface area contributed by atoms with Crippen LogP contribution in [0.4, 0.5) is 11.4 Å². The molecule has 0 aliphatic carbocycles. The Morgan fingerprint density at radius 1 is 1.18 bits per heavy atom. The third-order valence-corrected chi connectivity index (χ3v) is 3.98. The maximum absolute atomic E-state index is 12.6. The molecule has 0 saturated carbocycles. The van der Waals surface area contributed by atoms with Crippen molar-refractivity contribution in [3.05, 3.63) is 86.3 Å². The first-order chi connectivity index (χ1) is 13.4. The van der Waals surface area contributed by atoms with Crippen LogP contribution in [0.3, 0.4) is 0 Å². The maximum atomic E-state index is 12.6. The lowest BCUT2D eigenvalue weighted by Gasteiger charge is -2.12. The van der Waals surface area contributed by atoms with Crippen molar-refractivity contribution in [3.8, 4) is 11.4 Å². The standard InChI is InChI=1S/C19H16N4O5/c1-12-11-16(24)18(19(25)20-13-7-3-6-10-17(13)28-2)21-22(12)14-8-4-5-9-15(14)23(26)27/h3-11H,1-2H3,(H,20,25). The first-order valence-electron chi connectivity index (χ1n) is 8.21. The van der Waals surface area contributed by atoms with Gasteiger partial charge in [0.15, 0.2) is 5.69 Å². The van der Waals surface area contributed by atoms with E-state index in [-0.39, 0.29) is 11.4 Å². The number of amides is 1. The minimum Gasteiger partial charge on any atom is -0.495 e. The summed E-state index contributed by atoms with van der Waals surface area (Å²) in [5, 5.41) is 18.0. The second-order valence-corrected chi connectivity index (χ2v) is 5.81. The molecule has 9 heteroatoms. The monoisotopic (exact) mass is 380 g/mol. The van der Waals surface area contributed by atoms with E-state index < -0.39 is 22.0 Å². The number of methoxy groups -OCH3 is 1. The van der Waals surface area contributed by atoms with Crippen molar-refractivity contribution in [2.45, 2.75) is 6.92 Å². The average molecular weight is 380 g/mol. The molecular formula is C19H16N4O5. The van der Waals surface area contributed by atoms with E-state index in [1.165, 1.54) is 36.1 Å². The molecule has 142 valence electrons. The number of anilines is 1. The number of nitrogens with zero attached hydrogens (tertiary/aromatic N) is 3. The van der Waals surface area contributed by atoms with Crippen molar-refractivity contribution >= 4 is 17.3 Å². The van der Waals surface area contributed by atoms with Crippen LogP contribution < -0.4 is 15.5 Å². The Hall–Kier alpha value is -4.01. The van der Waals surface area contributed by atoms with Crippen molar-refractivity contribution in [1.82, 2.24) is 9.78 Å². The van der Waals surface area contributed by atoms with Gasteiger partial charge in [0.05, 0.1) is 17.7 Å². The van der Waals surface area contributed by atoms with Crippen LogP contribution in [0.5, 0.6) is 5.75 Å². The number of para-hydroxylation sites is 4. The van der Waals surface area contributed by atoms with Gasteiger partial charge in [0.2, 0.25) is 5.43 Å². The zero-order valence-corrected chi connectivity index (χ0v) is 15.1. The van der Waals surface area contributed by atoms with Gasteiger partial charge in [-0.05, 0) is 25.1 Å². The molecule has 0 aliphatic rings. The summed E-state index contributed by atoms with van der Waals surface area (Å²) in [7, 11) is 1.45. The number of rotatable bonds is 5. The normalized spacial score (nSPS) is 10.4. The highest BCUT2D eigenvalue weighted by Crippen LogP contribution is 2.24. The zero-order chi connectivity index (χ0) is 20.3. The SMILES string of the molecule is COc1ccccc1NC(=O)c1nn(-c2ccccc2[N+](=O)[O-])c(C)cc1=O. The minimum atomic E-state index is -0.748. The Morgan fingerprint density at radius 3 is 2.57 bits per heavy atom. The van der Waals surface area contributed by atoms with Gasteiger partial charge in [0.1, 0.15) is 11.4 Å². The highest BCUT2D eigenvalue weighted by atomic mass is 16.6. The van der Waals surface area contributed by atoms with E-state index in [1.807, 2.05) is 0 Å². The van der Waals surface area contributed by atoms with Crippen LogP contribution in [-0.2, 0) is 0 Å². The largest absolute Gasteiger partial charge is 0.495 e. The minimum absolute atomic E-state index is 0.149. The van der Waals surface area contributed by atoms with E-state index in [2.05, 4.69) is 10.4 Å². The van der Waals surface area contributed by atoms with E-state index in [0.717, 1.165) is 0 Å². The zero-order valence-electron chi connectivity index (χ0n) is 15.1. The molecule has 0 bridgehead atoms.